The smallest absolute Gasteiger partial charge is 0.177 e. The summed E-state index contributed by atoms with van der Waals surface area (Å²) in [5, 5.41) is 9.53. The number of benzene rings is 1. The van der Waals surface area contributed by atoms with Crippen molar-refractivity contribution in [2.75, 3.05) is 20.5 Å². The van der Waals surface area contributed by atoms with Crippen LogP contribution in [-0.4, -0.2) is 25.6 Å². The van der Waals surface area contributed by atoms with Gasteiger partial charge in [-0.2, -0.15) is 0 Å². The Morgan fingerprint density at radius 3 is 2.25 bits per heavy atom. The Labute approximate surface area is 98.6 Å². The SMILES string of the molecule is COc1c(C(C)O)cc(F)c(SC)c1OC. The molecule has 1 atom stereocenters. The Hall–Kier alpha value is -0.940. The fourth-order valence-electron chi connectivity index (χ4n) is 1.51. The van der Waals surface area contributed by atoms with Crippen molar-refractivity contribution in [2.45, 2.75) is 17.9 Å². The summed E-state index contributed by atoms with van der Waals surface area (Å²) in [5.41, 5.74) is 0.384. The fourth-order valence-corrected chi connectivity index (χ4v) is 2.12. The van der Waals surface area contributed by atoms with Crippen LogP contribution in [0.4, 0.5) is 4.39 Å². The van der Waals surface area contributed by atoms with E-state index in [2.05, 4.69) is 0 Å². The summed E-state index contributed by atoms with van der Waals surface area (Å²) in [5.74, 6) is 0.287. The van der Waals surface area contributed by atoms with Crippen molar-refractivity contribution in [3.63, 3.8) is 0 Å². The predicted octanol–water partition coefficient (Wildman–Crippen LogP) is 2.62. The maximum absolute atomic E-state index is 13.7. The maximum atomic E-state index is 13.7. The van der Waals surface area contributed by atoms with Crippen molar-refractivity contribution >= 4 is 11.8 Å². The van der Waals surface area contributed by atoms with E-state index >= 15 is 0 Å². The van der Waals surface area contributed by atoms with Crippen molar-refractivity contribution in [1.82, 2.24) is 0 Å². The number of ether oxygens (including phenoxy) is 2. The molecule has 0 saturated carbocycles. The Kier molecular flexibility index (Phi) is 4.44. The molecule has 90 valence electrons. The number of methoxy groups -OCH3 is 2. The second-order valence-corrected chi connectivity index (χ2v) is 4.04. The number of aliphatic hydroxyl groups is 1. The normalized spacial score (nSPS) is 12.4. The monoisotopic (exact) mass is 246 g/mol. The predicted molar refractivity (Wildman–Crippen MR) is 61.9 cm³/mol. The highest BCUT2D eigenvalue weighted by molar-refractivity contribution is 7.98. The first-order valence-electron chi connectivity index (χ1n) is 4.73. The molecule has 1 aromatic carbocycles. The number of aliphatic hydroxyl groups excluding tert-OH is 1. The van der Waals surface area contributed by atoms with E-state index < -0.39 is 11.9 Å². The molecular weight excluding hydrogens is 231 g/mol. The summed E-state index contributed by atoms with van der Waals surface area (Å²) >= 11 is 1.23. The third kappa shape index (κ3) is 2.25. The summed E-state index contributed by atoms with van der Waals surface area (Å²) in [4.78, 5) is 0.378. The highest BCUT2D eigenvalue weighted by Gasteiger charge is 2.21. The van der Waals surface area contributed by atoms with E-state index in [0.29, 0.717) is 22.0 Å². The quantitative estimate of drug-likeness (QED) is 0.829. The van der Waals surface area contributed by atoms with Gasteiger partial charge in [0.25, 0.3) is 0 Å². The van der Waals surface area contributed by atoms with Gasteiger partial charge in [-0.1, -0.05) is 0 Å². The number of hydrogen-bond acceptors (Lipinski definition) is 4. The molecule has 0 bridgehead atoms. The molecule has 16 heavy (non-hydrogen) atoms. The summed E-state index contributed by atoms with van der Waals surface area (Å²) in [7, 11) is 2.91. The summed E-state index contributed by atoms with van der Waals surface area (Å²) < 4.78 is 24.0. The first-order valence-corrected chi connectivity index (χ1v) is 5.95. The van der Waals surface area contributed by atoms with E-state index in [1.54, 1.807) is 13.2 Å². The first kappa shape index (κ1) is 13.1. The molecule has 0 aliphatic rings. The molecule has 0 aliphatic heterocycles. The minimum Gasteiger partial charge on any atom is -0.492 e. The van der Waals surface area contributed by atoms with Crippen LogP contribution in [0.25, 0.3) is 0 Å². The van der Waals surface area contributed by atoms with Crippen LogP contribution in [0.15, 0.2) is 11.0 Å². The largest absolute Gasteiger partial charge is 0.492 e. The standard InChI is InChI=1S/C11H15FO3S/c1-6(13)7-5-8(12)11(16-4)10(15-3)9(7)14-2/h5-6,13H,1-4H3. The number of halogens is 1. The average molecular weight is 246 g/mol. The van der Waals surface area contributed by atoms with Gasteiger partial charge in [-0.25, -0.2) is 4.39 Å². The summed E-state index contributed by atoms with van der Waals surface area (Å²) in [6.45, 7) is 1.55. The average Bonchev–Trinajstić information content (AvgIpc) is 2.27. The lowest BCUT2D eigenvalue weighted by molar-refractivity contribution is 0.191. The topological polar surface area (TPSA) is 38.7 Å². The lowest BCUT2D eigenvalue weighted by atomic mass is 10.1. The molecule has 0 amide bonds. The Morgan fingerprint density at radius 2 is 1.88 bits per heavy atom. The molecule has 3 nitrogen and oxygen atoms in total. The zero-order valence-electron chi connectivity index (χ0n) is 9.70. The Morgan fingerprint density at radius 1 is 1.31 bits per heavy atom. The third-order valence-electron chi connectivity index (χ3n) is 2.24. The van der Waals surface area contributed by atoms with Crippen molar-refractivity contribution in [2.24, 2.45) is 0 Å². The van der Waals surface area contributed by atoms with E-state index in [1.807, 2.05) is 0 Å². The minimum atomic E-state index is -0.811. The van der Waals surface area contributed by atoms with E-state index in [4.69, 9.17) is 9.47 Å². The lowest BCUT2D eigenvalue weighted by Crippen LogP contribution is -2.02. The zero-order valence-corrected chi connectivity index (χ0v) is 10.5. The van der Waals surface area contributed by atoms with E-state index in [0.717, 1.165) is 0 Å². The van der Waals surface area contributed by atoms with Crippen LogP contribution in [0.3, 0.4) is 0 Å². The van der Waals surface area contributed by atoms with Gasteiger partial charge in [-0.15, -0.1) is 11.8 Å². The van der Waals surface area contributed by atoms with Crippen molar-refractivity contribution in [3.05, 3.63) is 17.4 Å². The van der Waals surface area contributed by atoms with Gasteiger partial charge < -0.3 is 14.6 Å². The van der Waals surface area contributed by atoms with E-state index in [-0.39, 0.29) is 0 Å². The van der Waals surface area contributed by atoms with Crippen LogP contribution in [0.2, 0.25) is 0 Å². The van der Waals surface area contributed by atoms with Crippen molar-refractivity contribution in [1.29, 1.82) is 0 Å². The van der Waals surface area contributed by atoms with Crippen molar-refractivity contribution < 1.29 is 19.0 Å². The molecule has 1 unspecified atom stereocenters. The second-order valence-electron chi connectivity index (χ2n) is 3.22. The van der Waals surface area contributed by atoms with Gasteiger partial charge in [0.1, 0.15) is 5.82 Å². The second kappa shape index (κ2) is 5.41. The highest BCUT2D eigenvalue weighted by atomic mass is 32.2. The van der Waals surface area contributed by atoms with Crippen LogP contribution >= 0.6 is 11.8 Å². The molecule has 0 fully saturated rings. The zero-order chi connectivity index (χ0) is 12.3. The molecule has 1 aromatic rings. The molecule has 0 aliphatic carbocycles. The number of thioether (sulfide) groups is 1. The maximum Gasteiger partial charge on any atom is 0.177 e. The Balaban J connectivity index is 3.50. The molecule has 0 radical (unpaired) electrons. The molecule has 0 spiro atoms. The van der Waals surface area contributed by atoms with Crippen LogP contribution in [0.1, 0.15) is 18.6 Å². The van der Waals surface area contributed by atoms with Crippen LogP contribution in [0.5, 0.6) is 11.5 Å². The van der Waals surface area contributed by atoms with Crippen molar-refractivity contribution in [3.8, 4) is 11.5 Å². The van der Waals surface area contributed by atoms with Gasteiger partial charge >= 0.3 is 0 Å². The van der Waals surface area contributed by atoms with Gasteiger partial charge in [-0.3, -0.25) is 0 Å². The van der Waals surface area contributed by atoms with E-state index in [9.17, 15) is 9.50 Å². The van der Waals surface area contributed by atoms with Gasteiger partial charge in [0.05, 0.1) is 25.2 Å². The summed E-state index contributed by atoms with van der Waals surface area (Å²) in [6, 6.07) is 1.28. The molecule has 0 aromatic heterocycles. The van der Waals surface area contributed by atoms with Gasteiger partial charge in [0, 0.05) is 5.56 Å². The summed E-state index contributed by atoms with van der Waals surface area (Å²) in [6.07, 6.45) is 0.942. The molecule has 5 heteroatoms. The van der Waals surface area contributed by atoms with E-state index in [1.165, 1.54) is 32.0 Å². The molecule has 0 saturated heterocycles. The van der Waals surface area contributed by atoms with Gasteiger partial charge in [-0.05, 0) is 19.2 Å². The molecular formula is C11H15FO3S. The van der Waals surface area contributed by atoms with Gasteiger partial charge in [0.2, 0.25) is 0 Å². The van der Waals surface area contributed by atoms with Crippen LogP contribution < -0.4 is 9.47 Å². The molecule has 1 N–H and O–H groups in total. The first-order chi connectivity index (χ1) is 7.56. The molecule has 1 rings (SSSR count). The lowest BCUT2D eigenvalue weighted by Gasteiger charge is -2.17. The minimum absolute atomic E-state index is 0.325. The van der Waals surface area contributed by atoms with Gasteiger partial charge in [0.15, 0.2) is 11.5 Å². The van der Waals surface area contributed by atoms with Crippen LogP contribution in [-0.2, 0) is 0 Å². The Bertz CT molecular complexity index is 380. The third-order valence-corrected chi connectivity index (χ3v) is 3.02. The van der Waals surface area contributed by atoms with Crippen LogP contribution in [0, 0.1) is 5.82 Å². The molecule has 0 heterocycles. The fraction of sp³-hybridized carbons (Fsp3) is 0.455. The number of hydrogen-bond donors (Lipinski definition) is 1. The number of rotatable bonds is 4. The highest BCUT2D eigenvalue weighted by Crippen LogP contribution is 2.43.